The zero-order valence-corrected chi connectivity index (χ0v) is 9.36. The molecule has 1 aromatic rings. The smallest absolute Gasteiger partial charge is 0.488 e. The highest BCUT2D eigenvalue weighted by Gasteiger charge is 2.19. The monoisotopic (exact) mass is 206 g/mol. The molecule has 0 saturated carbocycles. The molecule has 0 aromatic heterocycles. The third kappa shape index (κ3) is 3.61. The second-order valence-electron chi connectivity index (χ2n) is 5.00. The van der Waals surface area contributed by atoms with Crippen molar-refractivity contribution in [2.24, 2.45) is 0 Å². The lowest BCUT2D eigenvalue weighted by Crippen LogP contribution is -2.35. The third-order valence-corrected chi connectivity index (χ3v) is 2.12. The predicted molar refractivity (Wildman–Crippen MR) is 64.4 cm³/mol. The van der Waals surface area contributed by atoms with Gasteiger partial charge >= 0.3 is 7.12 Å². The van der Waals surface area contributed by atoms with Crippen molar-refractivity contribution in [3.63, 3.8) is 0 Å². The van der Waals surface area contributed by atoms with E-state index in [2.05, 4.69) is 20.8 Å². The Hall–Kier alpha value is -0.930. The average Bonchev–Trinajstić information content (AvgIpc) is 2.06. The van der Waals surface area contributed by atoms with Crippen LogP contribution in [0.5, 0.6) is 5.75 Å². The first-order valence-corrected chi connectivity index (χ1v) is 4.97. The minimum Gasteiger partial charge on any atom is -0.509 e. The SMILES string of the molecule is CC(C)(C)Bc1cc(B(O)O)ccc1O. The molecule has 3 nitrogen and oxygen atoms in total. The van der Waals surface area contributed by atoms with Gasteiger partial charge in [-0.2, -0.15) is 0 Å². The van der Waals surface area contributed by atoms with E-state index in [0.29, 0.717) is 12.7 Å². The van der Waals surface area contributed by atoms with Gasteiger partial charge in [-0.25, -0.2) is 0 Å². The molecule has 1 aromatic carbocycles. The van der Waals surface area contributed by atoms with Gasteiger partial charge in [0.05, 0.1) is 0 Å². The van der Waals surface area contributed by atoms with Crippen LogP contribution in [0.3, 0.4) is 0 Å². The van der Waals surface area contributed by atoms with Crippen LogP contribution in [-0.2, 0) is 0 Å². The number of aromatic hydroxyl groups is 1. The second-order valence-corrected chi connectivity index (χ2v) is 5.00. The van der Waals surface area contributed by atoms with Crippen molar-refractivity contribution in [2.75, 3.05) is 0 Å². The lowest BCUT2D eigenvalue weighted by atomic mass is 9.50. The normalized spacial score (nSPS) is 11.3. The van der Waals surface area contributed by atoms with Crippen LogP contribution in [0.25, 0.3) is 0 Å². The average molecular weight is 206 g/mol. The molecule has 0 unspecified atom stereocenters. The highest BCUT2D eigenvalue weighted by molar-refractivity contribution is 6.62. The maximum atomic E-state index is 9.62. The van der Waals surface area contributed by atoms with E-state index in [4.69, 9.17) is 10.0 Å². The van der Waals surface area contributed by atoms with Crippen molar-refractivity contribution >= 4 is 25.3 Å². The number of rotatable bonds is 2. The Kier molecular flexibility index (Phi) is 3.47. The molecular formula is C10H16B2O3. The molecule has 0 bridgehead atoms. The molecule has 0 fully saturated rings. The number of benzene rings is 1. The molecular weight excluding hydrogens is 190 g/mol. The first kappa shape index (κ1) is 12.1. The lowest BCUT2D eigenvalue weighted by molar-refractivity contribution is 0.425. The zero-order chi connectivity index (χ0) is 11.6. The summed E-state index contributed by atoms with van der Waals surface area (Å²) < 4.78 is 0. The Balaban J connectivity index is 3.01. The van der Waals surface area contributed by atoms with Gasteiger partial charge < -0.3 is 15.2 Å². The fourth-order valence-electron chi connectivity index (χ4n) is 1.48. The van der Waals surface area contributed by atoms with Crippen LogP contribution in [-0.4, -0.2) is 29.6 Å². The maximum Gasteiger partial charge on any atom is 0.488 e. The zero-order valence-electron chi connectivity index (χ0n) is 9.36. The molecule has 0 saturated heterocycles. The number of phenolic OH excluding ortho intramolecular Hbond substituents is 1. The fraction of sp³-hybridized carbons (Fsp3) is 0.400. The summed E-state index contributed by atoms with van der Waals surface area (Å²) in [7, 11) is -0.788. The van der Waals surface area contributed by atoms with Gasteiger partial charge in [0.25, 0.3) is 0 Å². The molecule has 15 heavy (non-hydrogen) atoms. The highest BCUT2D eigenvalue weighted by atomic mass is 16.4. The Labute approximate surface area is 91.2 Å². The van der Waals surface area contributed by atoms with Crippen molar-refractivity contribution in [1.29, 1.82) is 0 Å². The van der Waals surface area contributed by atoms with Crippen LogP contribution in [0.2, 0.25) is 5.31 Å². The Morgan fingerprint density at radius 2 is 1.80 bits per heavy atom. The van der Waals surface area contributed by atoms with Crippen LogP contribution >= 0.6 is 0 Å². The molecule has 5 heteroatoms. The van der Waals surface area contributed by atoms with Gasteiger partial charge in [0.1, 0.15) is 5.75 Å². The Morgan fingerprint density at radius 1 is 1.20 bits per heavy atom. The van der Waals surface area contributed by atoms with Crippen molar-refractivity contribution in [3.8, 4) is 5.75 Å². The van der Waals surface area contributed by atoms with Gasteiger partial charge in [0, 0.05) is 0 Å². The van der Waals surface area contributed by atoms with Gasteiger partial charge in [0.15, 0.2) is 7.28 Å². The largest absolute Gasteiger partial charge is 0.509 e. The second kappa shape index (κ2) is 4.29. The van der Waals surface area contributed by atoms with E-state index in [1.54, 1.807) is 6.07 Å². The summed E-state index contributed by atoms with van der Waals surface area (Å²) in [4.78, 5) is 0. The van der Waals surface area contributed by atoms with E-state index >= 15 is 0 Å². The predicted octanol–water partition coefficient (Wildman–Crippen LogP) is -0.648. The molecule has 0 atom stereocenters. The van der Waals surface area contributed by atoms with Gasteiger partial charge in [-0.05, 0) is 17.0 Å². The molecule has 3 N–H and O–H groups in total. The Morgan fingerprint density at radius 3 is 2.27 bits per heavy atom. The van der Waals surface area contributed by atoms with Crippen LogP contribution < -0.4 is 10.9 Å². The van der Waals surface area contributed by atoms with E-state index in [1.807, 2.05) is 0 Å². The van der Waals surface area contributed by atoms with Gasteiger partial charge in [-0.15, -0.1) is 0 Å². The fourth-order valence-corrected chi connectivity index (χ4v) is 1.48. The summed E-state index contributed by atoms with van der Waals surface area (Å²) in [6.45, 7) is 6.19. The summed E-state index contributed by atoms with van der Waals surface area (Å²) >= 11 is 0. The highest BCUT2D eigenvalue weighted by Crippen LogP contribution is 2.20. The van der Waals surface area contributed by atoms with E-state index in [-0.39, 0.29) is 11.1 Å². The van der Waals surface area contributed by atoms with E-state index in [1.165, 1.54) is 12.1 Å². The van der Waals surface area contributed by atoms with Crippen LogP contribution in [0, 0.1) is 0 Å². The lowest BCUT2D eigenvalue weighted by Gasteiger charge is -2.17. The minimum atomic E-state index is -1.48. The standard InChI is InChI=1S/C10H16B2O3/c1-10(2,3)11-8-6-7(12(14)15)4-5-9(8)13/h4-6,11,13-15H,1-3H3. The van der Waals surface area contributed by atoms with Crippen molar-refractivity contribution in [2.45, 2.75) is 26.1 Å². The van der Waals surface area contributed by atoms with E-state index < -0.39 is 7.12 Å². The molecule has 80 valence electrons. The molecule has 0 amide bonds. The Bertz CT molecular complexity index is 345. The number of hydrogen-bond donors (Lipinski definition) is 3. The minimum absolute atomic E-state index is 0.0521. The summed E-state index contributed by atoms with van der Waals surface area (Å²) in [5.74, 6) is 0.203. The topological polar surface area (TPSA) is 60.7 Å². The molecule has 1 rings (SSSR count). The summed E-state index contributed by atoms with van der Waals surface area (Å²) in [6.07, 6.45) is 0. The molecule has 0 heterocycles. The van der Waals surface area contributed by atoms with E-state index in [9.17, 15) is 5.11 Å². The van der Waals surface area contributed by atoms with Gasteiger partial charge in [-0.3, -0.25) is 0 Å². The molecule has 0 radical (unpaired) electrons. The first-order valence-electron chi connectivity index (χ1n) is 4.97. The van der Waals surface area contributed by atoms with Gasteiger partial charge in [-0.1, -0.05) is 38.2 Å². The molecule has 0 aliphatic carbocycles. The molecule has 0 aliphatic rings. The third-order valence-electron chi connectivity index (χ3n) is 2.12. The first-order chi connectivity index (χ1) is 6.79. The van der Waals surface area contributed by atoms with Gasteiger partial charge in [0.2, 0.25) is 0 Å². The molecule has 0 spiro atoms. The number of phenols is 1. The van der Waals surface area contributed by atoms with Crippen LogP contribution in [0.15, 0.2) is 18.2 Å². The van der Waals surface area contributed by atoms with Crippen molar-refractivity contribution < 1.29 is 15.2 Å². The number of hydrogen-bond acceptors (Lipinski definition) is 3. The quantitative estimate of drug-likeness (QED) is 0.563. The molecule has 0 aliphatic heterocycles. The maximum absolute atomic E-state index is 9.62. The van der Waals surface area contributed by atoms with Crippen molar-refractivity contribution in [1.82, 2.24) is 0 Å². The summed E-state index contributed by atoms with van der Waals surface area (Å²) in [6, 6.07) is 4.63. The summed E-state index contributed by atoms with van der Waals surface area (Å²) in [5, 5.41) is 27.7. The van der Waals surface area contributed by atoms with Crippen LogP contribution in [0.1, 0.15) is 20.8 Å². The van der Waals surface area contributed by atoms with Crippen molar-refractivity contribution in [3.05, 3.63) is 18.2 Å². The van der Waals surface area contributed by atoms with Crippen LogP contribution in [0.4, 0.5) is 0 Å². The summed E-state index contributed by atoms with van der Waals surface area (Å²) in [5.41, 5.74) is 1.15. The van der Waals surface area contributed by atoms with E-state index in [0.717, 1.165) is 5.46 Å².